The van der Waals surface area contributed by atoms with Crippen molar-refractivity contribution in [1.29, 1.82) is 0 Å². The third kappa shape index (κ3) is 3.63. The van der Waals surface area contributed by atoms with Gasteiger partial charge in [-0.2, -0.15) is 0 Å². The number of piperidine rings is 1. The van der Waals surface area contributed by atoms with Gasteiger partial charge < -0.3 is 14.4 Å². The van der Waals surface area contributed by atoms with Crippen molar-refractivity contribution in [2.24, 2.45) is 5.92 Å². The average Bonchev–Trinajstić information content (AvgIpc) is 3.33. The van der Waals surface area contributed by atoms with E-state index in [1.165, 1.54) is 16.9 Å². The van der Waals surface area contributed by atoms with Crippen LogP contribution in [-0.2, 0) is 16.0 Å². The molecule has 0 aliphatic carbocycles. The predicted octanol–water partition coefficient (Wildman–Crippen LogP) is 3.47. The first-order valence-electron chi connectivity index (χ1n) is 9.76. The Morgan fingerprint density at radius 2 is 2.11 bits per heavy atom. The van der Waals surface area contributed by atoms with Crippen LogP contribution in [0.2, 0.25) is 0 Å². The topological polar surface area (TPSA) is 68.7 Å². The number of ether oxygens (including phenoxy) is 2. The van der Waals surface area contributed by atoms with Crippen molar-refractivity contribution in [3.05, 3.63) is 34.3 Å². The number of thiazole rings is 1. The summed E-state index contributed by atoms with van der Waals surface area (Å²) in [7, 11) is 0. The van der Waals surface area contributed by atoms with Crippen LogP contribution in [0.5, 0.6) is 5.75 Å². The van der Waals surface area contributed by atoms with Gasteiger partial charge in [-0.05, 0) is 50.5 Å². The number of carbonyl (C=O) groups excluding carboxylic acids is 2. The van der Waals surface area contributed by atoms with Gasteiger partial charge in [-0.25, -0.2) is 4.98 Å². The molecule has 2 aliphatic rings. The molecular weight excluding hydrogens is 376 g/mol. The minimum absolute atomic E-state index is 0.00746. The Labute approximate surface area is 168 Å². The molecule has 0 saturated carbocycles. The first-order valence-corrected chi connectivity index (χ1v) is 10.6. The molecule has 0 spiro atoms. The molecule has 2 aromatic rings. The van der Waals surface area contributed by atoms with E-state index in [-0.39, 0.29) is 17.8 Å². The fourth-order valence-corrected chi connectivity index (χ4v) is 4.79. The maximum atomic E-state index is 13.0. The molecule has 0 N–H and O–H groups in total. The Morgan fingerprint density at radius 3 is 2.86 bits per heavy atom. The Balaban J connectivity index is 1.47. The highest BCUT2D eigenvalue weighted by Crippen LogP contribution is 2.34. The molecule has 0 atom stereocenters. The SMILES string of the molecule is CCOC(=O)C1CCN(C(=O)c2sc(-c3ccc4c(c3)CCO4)nc2C)CC1. The van der Waals surface area contributed by atoms with E-state index in [0.29, 0.717) is 37.4 Å². The second kappa shape index (κ2) is 7.91. The van der Waals surface area contributed by atoms with Gasteiger partial charge in [0, 0.05) is 25.1 Å². The van der Waals surface area contributed by atoms with Gasteiger partial charge in [0.25, 0.3) is 5.91 Å². The molecule has 1 fully saturated rings. The molecule has 0 bridgehead atoms. The van der Waals surface area contributed by atoms with E-state index in [2.05, 4.69) is 11.1 Å². The van der Waals surface area contributed by atoms with Crippen LogP contribution >= 0.6 is 11.3 Å². The molecule has 28 heavy (non-hydrogen) atoms. The number of aromatic nitrogens is 1. The highest BCUT2D eigenvalue weighted by molar-refractivity contribution is 7.17. The lowest BCUT2D eigenvalue weighted by molar-refractivity contribution is -0.149. The molecule has 4 rings (SSSR count). The summed E-state index contributed by atoms with van der Waals surface area (Å²) in [6, 6.07) is 6.09. The fourth-order valence-electron chi connectivity index (χ4n) is 3.76. The lowest BCUT2D eigenvalue weighted by atomic mass is 9.97. The summed E-state index contributed by atoms with van der Waals surface area (Å²) in [6.45, 7) is 5.97. The fraction of sp³-hybridized carbons (Fsp3) is 0.476. The predicted molar refractivity (Wildman–Crippen MR) is 107 cm³/mol. The third-order valence-electron chi connectivity index (χ3n) is 5.33. The molecule has 1 aromatic carbocycles. The number of rotatable bonds is 4. The number of esters is 1. The van der Waals surface area contributed by atoms with Gasteiger partial charge in [-0.3, -0.25) is 9.59 Å². The van der Waals surface area contributed by atoms with Gasteiger partial charge in [0.2, 0.25) is 0 Å². The van der Waals surface area contributed by atoms with E-state index >= 15 is 0 Å². The second-order valence-electron chi connectivity index (χ2n) is 7.17. The highest BCUT2D eigenvalue weighted by Gasteiger charge is 2.30. The summed E-state index contributed by atoms with van der Waals surface area (Å²) in [5.41, 5.74) is 2.98. The number of amides is 1. The molecule has 6 nitrogen and oxygen atoms in total. The minimum Gasteiger partial charge on any atom is -0.493 e. The average molecular weight is 401 g/mol. The number of hydrogen-bond donors (Lipinski definition) is 0. The van der Waals surface area contributed by atoms with Crippen molar-refractivity contribution >= 4 is 23.2 Å². The van der Waals surface area contributed by atoms with Gasteiger partial charge in [0.1, 0.15) is 15.6 Å². The second-order valence-corrected chi connectivity index (χ2v) is 8.17. The van der Waals surface area contributed by atoms with Gasteiger partial charge in [-0.15, -0.1) is 11.3 Å². The lowest BCUT2D eigenvalue weighted by Gasteiger charge is -2.30. The van der Waals surface area contributed by atoms with Gasteiger partial charge in [-0.1, -0.05) is 0 Å². The van der Waals surface area contributed by atoms with Gasteiger partial charge in [0.05, 0.1) is 24.8 Å². The number of hydrogen-bond acceptors (Lipinski definition) is 6. The summed E-state index contributed by atoms with van der Waals surface area (Å²) in [5.74, 6) is 0.702. The molecule has 148 valence electrons. The van der Waals surface area contributed by atoms with Crippen LogP contribution in [0, 0.1) is 12.8 Å². The first kappa shape index (κ1) is 18.9. The van der Waals surface area contributed by atoms with E-state index in [9.17, 15) is 9.59 Å². The molecule has 7 heteroatoms. The zero-order chi connectivity index (χ0) is 19.7. The van der Waals surface area contributed by atoms with E-state index in [1.807, 2.05) is 30.9 Å². The number of fused-ring (bicyclic) bond motifs is 1. The van der Waals surface area contributed by atoms with Crippen molar-refractivity contribution in [3.8, 4) is 16.3 Å². The maximum absolute atomic E-state index is 13.0. The molecular formula is C21H24N2O4S. The molecule has 1 saturated heterocycles. The summed E-state index contributed by atoms with van der Waals surface area (Å²) < 4.78 is 10.7. The third-order valence-corrected chi connectivity index (χ3v) is 6.52. The Morgan fingerprint density at radius 1 is 1.32 bits per heavy atom. The minimum atomic E-state index is -0.147. The van der Waals surface area contributed by atoms with E-state index in [4.69, 9.17) is 9.47 Å². The van der Waals surface area contributed by atoms with E-state index in [1.54, 1.807) is 0 Å². The van der Waals surface area contributed by atoms with Crippen LogP contribution < -0.4 is 4.74 Å². The Bertz CT molecular complexity index is 900. The van der Waals surface area contributed by atoms with Crippen LogP contribution in [0.4, 0.5) is 0 Å². The van der Waals surface area contributed by atoms with E-state index < -0.39 is 0 Å². The normalized spacial score (nSPS) is 16.6. The number of aryl methyl sites for hydroxylation is 1. The van der Waals surface area contributed by atoms with Crippen molar-refractivity contribution in [2.45, 2.75) is 33.1 Å². The molecule has 2 aliphatic heterocycles. The van der Waals surface area contributed by atoms with Crippen LogP contribution in [-0.4, -0.2) is 48.1 Å². The largest absolute Gasteiger partial charge is 0.493 e. The van der Waals surface area contributed by atoms with Crippen LogP contribution in [0.25, 0.3) is 10.6 Å². The molecule has 0 radical (unpaired) electrons. The monoisotopic (exact) mass is 400 g/mol. The molecule has 0 unspecified atom stereocenters. The van der Waals surface area contributed by atoms with Crippen molar-refractivity contribution in [3.63, 3.8) is 0 Å². The van der Waals surface area contributed by atoms with Crippen molar-refractivity contribution < 1.29 is 19.1 Å². The highest BCUT2D eigenvalue weighted by atomic mass is 32.1. The van der Waals surface area contributed by atoms with Gasteiger partial charge in [0.15, 0.2) is 0 Å². The number of carbonyl (C=O) groups is 2. The van der Waals surface area contributed by atoms with E-state index in [0.717, 1.165) is 35.0 Å². The number of likely N-dealkylation sites (tertiary alicyclic amines) is 1. The van der Waals surface area contributed by atoms with Crippen molar-refractivity contribution in [1.82, 2.24) is 9.88 Å². The summed E-state index contributed by atoms with van der Waals surface area (Å²) in [4.78, 5) is 32.1. The quantitative estimate of drug-likeness (QED) is 0.735. The zero-order valence-corrected chi connectivity index (χ0v) is 17.0. The first-order chi connectivity index (χ1) is 13.6. The van der Waals surface area contributed by atoms with Crippen LogP contribution in [0.1, 0.15) is 40.7 Å². The zero-order valence-electron chi connectivity index (χ0n) is 16.2. The standard InChI is InChI=1S/C21H24N2O4S/c1-3-26-21(25)14-6-9-23(10-7-14)20(24)18-13(2)22-19(28-18)16-4-5-17-15(12-16)8-11-27-17/h4-5,12,14H,3,6-11H2,1-2H3. The van der Waals surface area contributed by atoms with Crippen LogP contribution in [0.15, 0.2) is 18.2 Å². The molecule has 1 aromatic heterocycles. The lowest BCUT2D eigenvalue weighted by Crippen LogP contribution is -2.40. The Kier molecular flexibility index (Phi) is 5.35. The maximum Gasteiger partial charge on any atom is 0.309 e. The molecule has 3 heterocycles. The smallest absolute Gasteiger partial charge is 0.309 e. The summed E-state index contributed by atoms with van der Waals surface area (Å²) in [6.07, 6.45) is 2.22. The van der Waals surface area contributed by atoms with Crippen molar-refractivity contribution in [2.75, 3.05) is 26.3 Å². The van der Waals surface area contributed by atoms with Gasteiger partial charge >= 0.3 is 5.97 Å². The van der Waals surface area contributed by atoms with Crippen LogP contribution in [0.3, 0.4) is 0 Å². The number of benzene rings is 1. The summed E-state index contributed by atoms with van der Waals surface area (Å²) in [5, 5.41) is 0.858. The summed E-state index contributed by atoms with van der Waals surface area (Å²) >= 11 is 1.44. The molecule has 1 amide bonds. The number of nitrogens with zero attached hydrogens (tertiary/aromatic N) is 2. The Hall–Kier alpha value is -2.41.